The molecule has 0 bridgehead atoms. The third-order valence-electron chi connectivity index (χ3n) is 2.13. The predicted octanol–water partition coefficient (Wildman–Crippen LogP) is 2.21. The molecule has 90 valence electrons. The molecule has 0 saturated heterocycles. The van der Waals surface area contributed by atoms with Gasteiger partial charge in [0, 0.05) is 19.2 Å². The first-order chi connectivity index (χ1) is 7.60. The summed E-state index contributed by atoms with van der Waals surface area (Å²) >= 11 is 7.10. The number of anilines is 1. The molecule has 0 amide bonds. The number of aliphatic hydroxyl groups excluding tert-OH is 1. The van der Waals surface area contributed by atoms with Crippen molar-refractivity contribution < 1.29 is 9.90 Å². The van der Waals surface area contributed by atoms with Gasteiger partial charge in [-0.15, -0.1) is 0 Å². The van der Waals surface area contributed by atoms with Crippen LogP contribution in [-0.4, -0.2) is 35.6 Å². The normalized spacial score (nSPS) is 10.8. The Morgan fingerprint density at radius 2 is 2.31 bits per heavy atom. The summed E-state index contributed by atoms with van der Waals surface area (Å²) in [5.74, 6) is 0. The summed E-state index contributed by atoms with van der Waals surface area (Å²) in [5, 5.41) is 9.81. The van der Waals surface area contributed by atoms with E-state index in [9.17, 15) is 4.79 Å². The Morgan fingerprint density at radius 1 is 1.62 bits per heavy atom. The van der Waals surface area contributed by atoms with E-state index in [2.05, 4.69) is 4.98 Å². The van der Waals surface area contributed by atoms with Gasteiger partial charge in [-0.25, -0.2) is 4.98 Å². The first-order valence-electron chi connectivity index (χ1n) is 5.09. The summed E-state index contributed by atoms with van der Waals surface area (Å²) in [6.07, 6.45) is 1.39. The van der Waals surface area contributed by atoms with E-state index in [1.165, 1.54) is 11.3 Å². The van der Waals surface area contributed by atoms with Crippen LogP contribution < -0.4 is 4.90 Å². The highest BCUT2D eigenvalue weighted by atomic mass is 35.5. The number of carbonyl (C=O) groups excluding carboxylic acids is 1. The summed E-state index contributed by atoms with van der Waals surface area (Å²) in [6.45, 7) is 4.92. The van der Waals surface area contributed by atoms with Crippen molar-refractivity contribution in [1.29, 1.82) is 0 Å². The van der Waals surface area contributed by atoms with Gasteiger partial charge in [-0.1, -0.05) is 22.9 Å². The van der Waals surface area contributed by atoms with E-state index in [0.717, 1.165) is 5.13 Å². The molecule has 0 aliphatic carbocycles. The van der Waals surface area contributed by atoms with Crippen LogP contribution in [-0.2, 0) is 0 Å². The molecule has 0 aliphatic heterocycles. The molecule has 0 spiro atoms. The monoisotopic (exact) mass is 262 g/mol. The van der Waals surface area contributed by atoms with Gasteiger partial charge in [0.25, 0.3) is 0 Å². The quantitative estimate of drug-likeness (QED) is 0.799. The molecule has 1 N–H and O–H groups in total. The van der Waals surface area contributed by atoms with Gasteiger partial charge in [-0.05, 0) is 20.3 Å². The molecule has 1 rings (SSSR count). The van der Waals surface area contributed by atoms with E-state index in [4.69, 9.17) is 16.7 Å². The van der Waals surface area contributed by atoms with Crippen LogP contribution in [0.1, 0.15) is 29.9 Å². The van der Waals surface area contributed by atoms with Crippen molar-refractivity contribution in [3.8, 4) is 0 Å². The molecule has 0 unspecified atom stereocenters. The maximum absolute atomic E-state index is 10.7. The van der Waals surface area contributed by atoms with Crippen molar-refractivity contribution in [1.82, 2.24) is 4.98 Å². The standard InChI is InChI=1S/C10H15ClN2O2S/c1-7(2)13(4-3-5-14)10-12-9(11)8(6-15)16-10/h6-7,14H,3-5H2,1-2H3. The number of halogens is 1. The van der Waals surface area contributed by atoms with E-state index in [1.54, 1.807) is 0 Å². The first kappa shape index (κ1) is 13.4. The lowest BCUT2D eigenvalue weighted by Gasteiger charge is -2.25. The third kappa shape index (κ3) is 3.17. The van der Waals surface area contributed by atoms with E-state index in [1.807, 2.05) is 18.7 Å². The van der Waals surface area contributed by atoms with Gasteiger partial charge in [-0.2, -0.15) is 0 Å². The highest BCUT2D eigenvalue weighted by Gasteiger charge is 2.16. The second kappa shape index (κ2) is 6.18. The fourth-order valence-electron chi connectivity index (χ4n) is 1.31. The number of aliphatic hydroxyl groups is 1. The van der Waals surface area contributed by atoms with Crippen LogP contribution in [0, 0.1) is 0 Å². The topological polar surface area (TPSA) is 53.4 Å². The Morgan fingerprint density at radius 3 is 2.75 bits per heavy atom. The minimum atomic E-state index is 0.142. The van der Waals surface area contributed by atoms with Crippen molar-refractivity contribution in [3.63, 3.8) is 0 Å². The van der Waals surface area contributed by atoms with Gasteiger partial charge >= 0.3 is 0 Å². The zero-order chi connectivity index (χ0) is 12.1. The summed E-state index contributed by atoms with van der Waals surface area (Å²) < 4.78 is 0. The minimum absolute atomic E-state index is 0.142. The Kier molecular flexibility index (Phi) is 5.18. The molecule has 0 aliphatic rings. The van der Waals surface area contributed by atoms with Crippen molar-refractivity contribution in [3.05, 3.63) is 10.0 Å². The van der Waals surface area contributed by atoms with E-state index in [0.29, 0.717) is 24.1 Å². The fraction of sp³-hybridized carbons (Fsp3) is 0.600. The SMILES string of the molecule is CC(C)N(CCCO)c1nc(Cl)c(C=O)s1. The number of hydrogen-bond donors (Lipinski definition) is 1. The Hall–Kier alpha value is -0.650. The lowest BCUT2D eigenvalue weighted by molar-refractivity contribution is 0.112. The van der Waals surface area contributed by atoms with Crippen LogP contribution in [0.15, 0.2) is 0 Å². The largest absolute Gasteiger partial charge is 0.396 e. The molecular formula is C10H15ClN2O2S. The van der Waals surface area contributed by atoms with Gasteiger partial charge in [-0.3, -0.25) is 4.79 Å². The summed E-state index contributed by atoms with van der Waals surface area (Å²) in [6, 6.07) is 0.258. The Bertz CT molecular complexity index is 355. The van der Waals surface area contributed by atoms with Crippen molar-refractivity contribution in [2.75, 3.05) is 18.1 Å². The van der Waals surface area contributed by atoms with Gasteiger partial charge in [0.05, 0.1) is 0 Å². The van der Waals surface area contributed by atoms with Crippen molar-refractivity contribution in [2.45, 2.75) is 26.3 Å². The molecule has 0 saturated carbocycles. The molecule has 0 fully saturated rings. The van der Waals surface area contributed by atoms with Crippen molar-refractivity contribution >= 4 is 34.4 Å². The van der Waals surface area contributed by atoms with Gasteiger partial charge in [0.2, 0.25) is 0 Å². The average Bonchev–Trinajstić information content (AvgIpc) is 2.59. The van der Waals surface area contributed by atoms with E-state index in [-0.39, 0.29) is 17.8 Å². The minimum Gasteiger partial charge on any atom is -0.396 e. The lowest BCUT2D eigenvalue weighted by atomic mass is 10.3. The Labute approximate surface area is 104 Å². The smallest absolute Gasteiger partial charge is 0.187 e. The van der Waals surface area contributed by atoms with E-state index >= 15 is 0 Å². The zero-order valence-electron chi connectivity index (χ0n) is 9.31. The van der Waals surface area contributed by atoms with Crippen molar-refractivity contribution in [2.24, 2.45) is 0 Å². The molecule has 1 aromatic rings. The number of rotatable bonds is 6. The molecule has 1 heterocycles. The number of carbonyl (C=O) groups is 1. The van der Waals surface area contributed by atoms with Crippen LogP contribution in [0.3, 0.4) is 0 Å². The van der Waals surface area contributed by atoms with Crippen LogP contribution in [0.4, 0.5) is 5.13 Å². The second-order valence-corrected chi connectivity index (χ2v) is 5.00. The van der Waals surface area contributed by atoms with Gasteiger partial charge < -0.3 is 10.0 Å². The molecule has 0 radical (unpaired) electrons. The summed E-state index contributed by atoms with van der Waals surface area (Å²) in [5.41, 5.74) is 0. The van der Waals surface area contributed by atoms with Gasteiger partial charge in [0.1, 0.15) is 4.88 Å². The number of aldehydes is 1. The van der Waals surface area contributed by atoms with Crippen LogP contribution in [0.25, 0.3) is 0 Å². The second-order valence-electron chi connectivity index (χ2n) is 3.63. The molecule has 4 nitrogen and oxygen atoms in total. The molecule has 0 atom stereocenters. The van der Waals surface area contributed by atoms with Crippen LogP contribution >= 0.6 is 22.9 Å². The fourth-order valence-corrected chi connectivity index (χ4v) is 2.54. The maximum Gasteiger partial charge on any atom is 0.187 e. The molecule has 6 heteroatoms. The van der Waals surface area contributed by atoms with Crippen LogP contribution in [0.5, 0.6) is 0 Å². The van der Waals surface area contributed by atoms with Gasteiger partial charge in [0.15, 0.2) is 16.6 Å². The lowest BCUT2D eigenvalue weighted by Crippen LogP contribution is -2.32. The predicted molar refractivity (Wildman–Crippen MR) is 66.7 cm³/mol. The summed E-state index contributed by atoms with van der Waals surface area (Å²) in [4.78, 5) is 17.3. The zero-order valence-corrected chi connectivity index (χ0v) is 10.9. The molecular weight excluding hydrogens is 248 g/mol. The molecule has 0 aromatic carbocycles. The molecule has 16 heavy (non-hydrogen) atoms. The highest BCUT2D eigenvalue weighted by molar-refractivity contribution is 7.17. The number of aromatic nitrogens is 1. The van der Waals surface area contributed by atoms with E-state index < -0.39 is 0 Å². The molecule has 1 aromatic heterocycles. The number of thiazole rings is 1. The number of hydrogen-bond acceptors (Lipinski definition) is 5. The third-order valence-corrected chi connectivity index (χ3v) is 3.55. The first-order valence-corrected chi connectivity index (χ1v) is 6.28. The van der Waals surface area contributed by atoms with Crippen LogP contribution in [0.2, 0.25) is 5.15 Å². The average molecular weight is 263 g/mol. The highest BCUT2D eigenvalue weighted by Crippen LogP contribution is 2.29. The number of nitrogens with zero attached hydrogens (tertiary/aromatic N) is 2. The Balaban J connectivity index is 2.87. The summed E-state index contributed by atoms with van der Waals surface area (Å²) in [7, 11) is 0. The maximum atomic E-state index is 10.7.